The lowest BCUT2D eigenvalue weighted by atomic mass is 10.1. The first-order valence-corrected chi connectivity index (χ1v) is 6.44. The lowest BCUT2D eigenvalue weighted by Crippen LogP contribution is -2.05. The Morgan fingerprint density at radius 3 is 2.33 bits per heavy atom. The summed E-state index contributed by atoms with van der Waals surface area (Å²) in [5.41, 5.74) is -2.78. The average molecular weight is 297 g/mol. The summed E-state index contributed by atoms with van der Waals surface area (Å²) in [5, 5.41) is 19.2. The summed E-state index contributed by atoms with van der Waals surface area (Å²) in [7, 11) is 0.166. The van der Waals surface area contributed by atoms with Crippen LogP contribution in [0.15, 0.2) is 17.0 Å². The van der Waals surface area contributed by atoms with E-state index in [9.17, 15) is 27.3 Å². The second-order valence-corrected chi connectivity index (χ2v) is 5.52. The fourth-order valence-corrected chi connectivity index (χ4v) is 2.58. The lowest BCUT2D eigenvalue weighted by molar-refractivity contribution is -0.388. The van der Waals surface area contributed by atoms with Crippen LogP contribution in [-0.2, 0) is 9.05 Å². The molecule has 0 bridgehead atoms. The third-order valence-electron chi connectivity index (χ3n) is 1.90. The number of hydrogen-bond donors (Lipinski definition) is 0. The van der Waals surface area contributed by atoms with Crippen molar-refractivity contribution in [2.24, 2.45) is 0 Å². The van der Waals surface area contributed by atoms with Crippen LogP contribution < -0.4 is 0 Å². The van der Waals surface area contributed by atoms with Gasteiger partial charge in [-0.3, -0.25) is 10.1 Å². The number of alkyl halides is 2. The predicted molar refractivity (Wildman–Crippen MR) is 55.8 cm³/mol. The Morgan fingerprint density at radius 1 is 1.44 bits per heavy atom. The number of rotatable bonds is 3. The van der Waals surface area contributed by atoms with E-state index < -0.39 is 42.1 Å². The molecule has 0 heterocycles. The van der Waals surface area contributed by atoms with Crippen LogP contribution in [0.2, 0.25) is 0 Å². The summed E-state index contributed by atoms with van der Waals surface area (Å²) in [6.07, 6.45) is -3.32. The molecule has 0 saturated carbocycles. The van der Waals surface area contributed by atoms with Crippen molar-refractivity contribution in [1.82, 2.24) is 0 Å². The van der Waals surface area contributed by atoms with E-state index in [2.05, 4.69) is 0 Å². The SMILES string of the molecule is N#Cc1cc(C(F)F)c(S(=O)(=O)Cl)c([N+](=O)[O-])c1. The molecule has 0 aliphatic heterocycles. The summed E-state index contributed by atoms with van der Waals surface area (Å²) >= 11 is 0. The Balaban J connectivity index is 3.86. The molecule has 10 heteroatoms. The van der Waals surface area contributed by atoms with Crippen LogP contribution in [0.3, 0.4) is 0 Å². The highest BCUT2D eigenvalue weighted by Crippen LogP contribution is 2.36. The molecule has 0 aromatic heterocycles. The van der Waals surface area contributed by atoms with E-state index >= 15 is 0 Å². The van der Waals surface area contributed by atoms with E-state index in [1.54, 1.807) is 0 Å². The minimum Gasteiger partial charge on any atom is -0.258 e. The fraction of sp³-hybridized carbons (Fsp3) is 0.125. The standard InChI is InChI=1S/C8H3ClF2N2O4S/c9-18(16,17)7-5(8(10)11)1-4(3-12)2-6(7)13(14)15/h1-2,8H. The van der Waals surface area contributed by atoms with Gasteiger partial charge in [0.2, 0.25) is 0 Å². The largest absolute Gasteiger partial charge is 0.291 e. The maximum Gasteiger partial charge on any atom is 0.291 e. The van der Waals surface area contributed by atoms with Gasteiger partial charge in [0.25, 0.3) is 21.2 Å². The Kier molecular flexibility index (Phi) is 3.83. The topological polar surface area (TPSA) is 101 Å². The number of nitriles is 1. The van der Waals surface area contributed by atoms with Crippen molar-refractivity contribution < 1.29 is 22.1 Å². The molecule has 0 saturated heterocycles. The number of hydrogen-bond acceptors (Lipinski definition) is 5. The van der Waals surface area contributed by atoms with Gasteiger partial charge in [-0.25, -0.2) is 17.2 Å². The first kappa shape index (κ1) is 14.3. The Labute approximate surface area is 104 Å². The van der Waals surface area contributed by atoms with Gasteiger partial charge >= 0.3 is 0 Å². The number of halogens is 3. The molecule has 0 unspecified atom stereocenters. The van der Waals surface area contributed by atoms with E-state index in [-0.39, 0.29) is 0 Å². The Hall–Kier alpha value is -1.79. The van der Waals surface area contributed by atoms with Gasteiger partial charge in [-0.05, 0) is 6.07 Å². The average Bonchev–Trinajstić information content (AvgIpc) is 2.25. The molecule has 6 nitrogen and oxygen atoms in total. The number of benzene rings is 1. The van der Waals surface area contributed by atoms with E-state index in [0.717, 1.165) is 0 Å². The zero-order valence-corrected chi connectivity index (χ0v) is 9.87. The van der Waals surface area contributed by atoms with Crippen molar-refractivity contribution in [1.29, 1.82) is 5.26 Å². The van der Waals surface area contributed by atoms with Crippen LogP contribution in [-0.4, -0.2) is 13.3 Å². The van der Waals surface area contributed by atoms with Crippen LogP contribution in [0.5, 0.6) is 0 Å². The molecule has 0 spiro atoms. The molecule has 0 radical (unpaired) electrons. The van der Waals surface area contributed by atoms with E-state index in [0.29, 0.717) is 12.1 Å². The molecule has 18 heavy (non-hydrogen) atoms. The van der Waals surface area contributed by atoms with Crippen molar-refractivity contribution in [3.05, 3.63) is 33.4 Å². The third-order valence-corrected chi connectivity index (χ3v) is 3.30. The predicted octanol–water partition coefficient (Wildman–Crippen LogP) is 2.33. The van der Waals surface area contributed by atoms with Crippen molar-refractivity contribution in [3.8, 4) is 6.07 Å². The molecule has 96 valence electrons. The molecule has 0 amide bonds. The molecule has 0 fully saturated rings. The second kappa shape index (κ2) is 4.83. The number of nitro benzene ring substituents is 1. The van der Waals surface area contributed by atoms with Gasteiger partial charge in [0.05, 0.1) is 16.6 Å². The Bertz CT molecular complexity index is 654. The van der Waals surface area contributed by atoms with E-state index in [1.165, 1.54) is 6.07 Å². The summed E-state index contributed by atoms with van der Waals surface area (Å²) in [6, 6.07) is 2.54. The minimum absolute atomic E-state index is 0.457. The molecule has 0 atom stereocenters. The zero-order chi connectivity index (χ0) is 14.1. The summed E-state index contributed by atoms with van der Waals surface area (Å²) in [5.74, 6) is 0. The monoisotopic (exact) mass is 296 g/mol. The molecule has 0 aliphatic carbocycles. The van der Waals surface area contributed by atoms with Crippen LogP contribution in [0, 0.1) is 21.4 Å². The molecule has 0 aliphatic rings. The van der Waals surface area contributed by atoms with Crippen LogP contribution in [0.1, 0.15) is 17.6 Å². The molecular formula is C8H3ClF2N2O4S. The zero-order valence-electron chi connectivity index (χ0n) is 8.30. The van der Waals surface area contributed by atoms with Crippen molar-refractivity contribution in [3.63, 3.8) is 0 Å². The maximum atomic E-state index is 12.7. The van der Waals surface area contributed by atoms with Gasteiger partial charge < -0.3 is 0 Å². The molecule has 1 aromatic rings. The fourth-order valence-electron chi connectivity index (χ4n) is 1.26. The minimum atomic E-state index is -4.74. The maximum absolute atomic E-state index is 12.7. The highest BCUT2D eigenvalue weighted by atomic mass is 35.7. The van der Waals surface area contributed by atoms with Crippen molar-refractivity contribution in [2.75, 3.05) is 0 Å². The summed E-state index contributed by atoms with van der Waals surface area (Å²) in [6.45, 7) is 0. The Morgan fingerprint density at radius 2 is 2.00 bits per heavy atom. The molecular weight excluding hydrogens is 294 g/mol. The van der Waals surface area contributed by atoms with Crippen LogP contribution in [0.4, 0.5) is 14.5 Å². The first-order chi connectivity index (χ1) is 8.18. The highest BCUT2D eigenvalue weighted by molar-refractivity contribution is 8.13. The van der Waals surface area contributed by atoms with E-state index in [1.807, 2.05) is 0 Å². The first-order valence-electron chi connectivity index (χ1n) is 4.13. The smallest absolute Gasteiger partial charge is 0.258 e. The normalized spacial score (nSPS) is 11.3. The van der Waals surface area contributed by atoms with E-state index in [4.69, 9.17) is 15.9 Å². The molecule has 1 rings (SSSR count). The van der Waals surface area contributed by atoms with Gasteiger partial charge in [0.15, 0.2) is 4.90 Å². The second-order valence-electron chi connectivity index (χ2n) is 3.02. The van der Waals surface area contributed by atoms with Gasteiger partial charge in [-0.1, -0.05) is 0 Å². The van der Waals surface area contributed by atoms with Gasteiger partial charge in [0, 0.05) is 22.3 Å². The van der Waals surface area contributed by atoms with Crippen molar-refractivity contribution >= 4 is 25.4 Å². The highest BCUT2D eigenvalue weighted by Gasteiger charge is 2.32. The van der Waals surface area contributed by atoms with Crippen molar-refractivity contribution in [2.45, 2.75) is 11.3 Å². The number of nitro groups is 1. The summed E-state index contributed by atoms with van der Waals surface area (Å²) < 4.78 is 47.6. The van der Waals surface area contributed by atoms with Gasteiger partial charge in [0.1, 0.15) is 0 Å². The molecule has 0 N–H and O–H groups in total. The summed E-state index contributed by atoms with van der Waals surface area (Å²) in [4.78, 5) is 8.16. The van der Waals surface area contributed by atoms with Gasteiger partial charge in [-0.15, -0.1) is 0 Å². The third kappa shape index (κ3) is 2.72. The van der Waals surface area contributed by atoms with Crippen LogP contribution in [0.25, 0.3) is 0 Å². The molecule has 1 aromatic carbocycles. The van der Waals surface area contributed by atoms with Crippen LogP contribution >= 0.6 is 10.7 Å². The van der Waals surface area contributed by atoms with Gasteiger partial charge in [-0.2, -0.15) is 5.26 Å². The number of nitrogens with zero attached hydrogens (tertiary/aromatic N) is 2. The quantitative estimate of drug-likeness (QED) is 0.484. The lowest BCUT2D eigenvalue weighted by Gasteiger charge is -2.07.